The summed E-state index contributed by atoms with van der Waals surface area (Å²) >= 11 is 0. The van der Waals surface area contributed by atoms with Crippen LogP contribution < -0.4 is 0 Å². The van der Waals surface area contributed by atoms with E-state index in [2.05, 4.69) is 44.8 Å². The molecule has 0 heterocycles. The fourth-order valence-electron chi connectivity index (χ4n) is 1.25. The number of nitrogens with zero attached hydrogens (tertiary/aromatic N) is 4. The van der Waals surface area contributed by atoms with Crippen molar-refractivity contribution in [3.63, 3.8) is 0 Å². The maximum atomic E-state index is 12.4. The lowest BCUT2D eigenvalue weighted by Crippen LogP contribution is -2.44. The largest absolute Gasteiger partial charge is 0.381 e. The van der Waals surface area contributed by atoms with Crippen LogP contribution >= 0.6 is 15.1 Å². The second-order valence-corrected chi connectivity index (χ2v) is 31.8. The van der Waals surface area contributed by atoms with E-state index < -0.39 is 85.1 Å². The van der Waals surface area contributed by atoms with Crippen LogP contribution in [-0.4, -0.2) is 247 Å². The summed E-state index contributed by atoms with van der Waals surface area (Å²) in [7, 11) is 3.65. The lowest BCUT2D eigenvalue weighted by Gasteiger charge is -2.17. The summed E-state index contributed by atoms with van der Waals surface area (Å²) in [6.45, 7) is 32.7. The number of rotatable bonds is 8. The van der Waals surface area contributed by atoms with Crippen LogP contribution in [0.5, 0.6) is 0 Å². The molecular weight excluding hydrogens is 1170 g/mol. The Kier molecular flexibility index (Phi) is 105. The Labute approximate surface area is 496 Å². The van der Waals surface area contributed by atoms with Gasteiger partial charge >= 0.3 is 17.8 Å². The maximum absolute atomic E-state index is 12.4. The number of carbonyl (C=O) groups excluding carboxylic acids is 11. The van der Waals surface area contributed by atoms with Gasteiger partial charge in [-0.3, -0.25) is 51.6 Å². The number of sulfone groups is 1. The number of carbonyl (C=O) groups is 11. The Morgan fingerprint density at radius 3 is 0.728 bits per heavy atom. The van der Waals surface area contributed by atoms with Crippen LogP contribution in [0, 0.1) is 0 Å². The highest BCUT2D eigenvalue weighted by atomic mass is 32.2. The van der Waals surface area contributed by atoms with E-state index in [0.717, 1.165) is 26.1 Å². The first kappa shape index (κ1) is 124. The van der Waals surface area contributed by atoms with Gasteiger partial charge in [-0.25, -0.2) is 12.8 Å². The van der Waals surface area contributed by atoms with Gasteiger partial charge in [-0.2, -0.15) is 17.6 Å². The molecule has 81 heavy (non-hydrogen) atoms. The van der Waals surface area contributed by atoms with Crippen molar-refractivity contribution in [2.24, 2.45) is 4.36 Å². The topological polar surface area (TPSA) is 295 Å². The molecule has 0 rings (SSSR count). The van der Waals surface area contributed by atoms with Gasteiger partial charge in [0.2, 0.25) is 11.6 Å². The first-order chi connectivity index (χ1) is 33.2. The zero-order valence-electron chi connectivity index (χ0n) is 52.7. The molecule has 30 heteroatoms. The fraction of sp³-hybridized carbons (Fsp3) is 0.784. The molecule has 20 nitrogen and oxygen atoms in total. The van der Waals surface area contributed by atoms with E-state index in [9.17, 15) is 91.7 Å². The van der Waals surface area contributed by atoms with Crippen molar-refractivity contribution in [2.45, 2.75) is 138 Å². The number of ketones is 9. The summed E-state index contributed by atoms with van der Waals surface area (Å²) in [5, 5.41) is 0. The second kappa shape index (κ2) is 68.9. The molecule has 496 valence electrons. The zero-order chi connectivity index (χ0) is 66.7. The van der Waals surface area contributed by atoms with E-state index in [1.807, 2.05) is 0 Å². The number of Topliss-reactive ketones (excluding diaryl/α,β-unsaturated/α-hetero) is 9. The monoisotopic (exact) mass is 1290 g/mol. The molecule has 0 N–H and O–H groups in total. The van der Waals surface area contributed by atoms with Crippen molar-refractivity contribution in [2.75, 3.05) is 133 Å². The number of halogens is 4. The highest BCUT2D eigenvalue weighted by Crippen LogP contribution is 2.28. The molecule has 0 spiro atoms. The van der Waals surface area contributed by atoms with Gasteiger partial charge in [0.25, 0.3) is 5.91 Å². The van der Waals surface area contributed by atoms with Crippen LogP contribution in [0.25, 0.3) is 0 Å². The van der Waals surface area contributed by atoms with Gasteiger partial charge in [-0.15, -0.1) is 7.92 Å². The lowest BCUT2D eigenvalue weighted by molar-refractivity contribution is -0.163. The van der Waals surface area contributed by atoms with Crippen LogP contribution in [0.2, 0.25) is 20.5 Å². The first-order valence-electron chi connectivity index (χ1n) is 22.1. The van der Waals surface area contributed by atoms with E-state index in [-0.39, 0.29) is 64.4 Å². The summed E-state index contributed by atoms with van der Waals surface area (Å²) in [6, 6.07) is 0. The summed E-state index contributed by atoms with van der Waals surface area (Å²) in [5.41, 5.74) is 0. The highest BCUT2D eigenvalue weighted by molar-refractivity contribution is 7.92. The van der Waals surface area contributed by atoms with Gasteiger partial charge in [0, 0.05) is 142 Å². The standard InChI is InChI=1S/C6H9F2NO2.C6H11F2NO.C5H9NO2.2C4H6O2.C3H9B.C3H9NOS.C3H9OP.2C3H6O.C3H9P.C2H6O2S.C2H6OS.4CH4/c1-4(10)6(7,8)5(11)9(2)3;1-5(10)6(7,8)4-9(2)3;1-4(7)5(8)6(2)3;2*1-3(5)4(2)6;1-4(2)3;1-4-6(2,3)5;1-5(2,3)4;2*1-3(2)4;1-4(2)3;1-5(2,3)4;1-4(2)3;;;;/h1-3H3;4H2,1-3H3;1-3H3;2*1-2H3;1-3H3;1-3H3;1-3H3;2*1-2H3;1-3H3;1-2H3;1-2H3;4*1H4. The van der Waals surface area contributed by atoms with Crippen LogP contribution in [-0.2, 0) is 87.7 Å². The van der Waals surface area contributed by atoms with Gasteiger partial charge in [0.05, 0.1) is 13.7 Å². The zero-order valence-corrected chi connectivity index (χ0v) is 57.0. The molecule has 0 aromatic rings. The normalized spacial score (nSPS) is 9.09. The molecular formula is C51H117BF4N4O16P2S3. The van der Waals surface area contributed by atoms with E-state index in [1.165, 1.54) is 100 Å². The van der Waals surface area contributed by atoms with Crippen molar-refractivity contribution >= 4 is 116 Å². The van der Waals surface area contributed by atoms with E-state index >= 15 is 0 Å². The molecule has 0 atom stereocenters. The molecule has 0 saturated carbocycles. The van der Waals surface area contributed by atoms with Gasteiger partial charge in [-0.1, -0.05) is 50.2 Å². The molecule has 0 saturated heterocycles. The fourth-order valence-corrected chi connectivity index (χ4v) is 1.25. The minimum absolute atomic E-state index is 0. The molecule has 0 aliphatic heterocycles. The quantitative estimate of drug-likeness (QED) is 0.0721. The number of alkyl halides is 4. The SMILES string of the molecule is C.C.C.C.CB(C)C.CC(=O)C(=O)N(C)C.CC(=O)C(C)=O.CC(=O)C(C)=O.CC(=O)C(F)(F)C(=O)N(C)C.CC(=O)C(F)(F)CN(C)C.CC(C)=O.CC(C)=O.CN=S(C)(C)=O.CP(C)(C)=O.CP(C)C.CS(C)(=O)=O.CS(C)=O. The van der Waals surface area contributed by atoms with Gasteiger partial charge < -0.3 is 28.9 Å². The second-order valence-electron chi connectivity index (χ2n) is 18.8. The molecule has 0 radical (unpaired) electrons. The summed E-state index contributed by atoms with van der Waals surface area (Å²) in [6.07, 6.45) is 8.81. The van der Waals surface area contributed by atoms with Crippen LogP contribution in [0.15, 0.2) is 4.36 Å². The Morgan fingerprint density at radius 2 is 0.704 bits per heavy atom. The minimum atomic E-state index is -3.87. The average Bonchev–Trinajstić information content (AvgIpc) is 3.12. The van der Waals surface area contributed by atoms with E-state index in [0.29, 0.717) is 19.7 Å². The molecule has 2 amide bonds. The van der Waals surface area contributed by atoms with Crippen molar-refractivity contribution in [1.29, 1.82) is 0 Å². The van der Waals surface area contributed by atoms with Gasteiger partial charge in [0.1, 0.15) is 28.1 Å². The molecule has 0 aromatic carbocycles. The van der Waals surface area contributed by atoms with Crippen molar-refractivity contribution in [1.82, 2.24) is 14.7 Å². The van der Waals surface area contributed by atoms with Crippen LogP contribution in [0.1, 0.15) is 106 Å². The third-order valence-electron chi connectivity index (χ3n) is 4.29. The Morgan fingerprint density at radius 1 is 0.543 bits per heavy atom. The maximum Gasteiger partial charge on any atom is 0.381 e. The van der Waals surface area contributed by atoms with Gasteiger partial charge in [-0.05, 0) is 81.8 Å². The predicted octanol–water partition coefficient (Wildman–Crippen LogP) is 8.77. The Balaban J connectivity index is -0.0000000369. The third kappa shape index (κ3) is 235. The minimum Gasteiger partial charge on any atom is -0.343 e. The molecule has 0 aromatic heterocycles. The average molecular weight is 1290 g/mol. The number of hydrogen-bond donors (Lipinski definition) is 0. The number of likely N-dealkylation sites (N-methyl/N-ethyl adjacent to an activating group) is 1. The molecule has 0 bridgehead atoms. The lowest BCUT2D eigenvalue weighted by atomic mass is 9.58. The van der Waals surface area contributed by atoms with Crippen molar-refractivity contribution < 1.29 is 91.7 Å². The molecule has 0 fully saturated rings. The first-order valence-corrected chi connectivity index (χ1v) is 34.5. The number of hydrogen-bond acceptors (Lipinski definition) is 18. The Bertz CT molecular complexity index is 1920. The third-order valence-corrected chi connectivity index (χ3v) is 5.16. The summed E-state index contributed by atoms with van der Waals surface area (Å²) in [4.78, 5) is 113. The smallest absolute Gasteiger partial charge is 0.343 e. The number of amides is 2. The van der Waals surface area contributed by atoms with E-state index in [4.69, 9.17) is 0 Å². The van der Waals surface area contributed by atoms with Crippen molar-refractivity contribution in [3.8, 4) is 0 Å². The summed E-state index contributed by atoms with van der Waals surface area (Å²) in [5.74, 6) is -13.1. The van der Waals surface area contributed by atoms with Gasteiger partial charge in [0.15, 0.2) is 28.9 Å². The van der Waals surface area contributed by atoms with Crippen molar-refractivity contribution in [3.05, 3.63) is 0 Å². The highest BCUT2D eigenvalue weighted by Gasteiger charge is 2.45. The molecule has 0 aliphatic carbocycles. The molecule has 0 aliphatic rings. The summed E-state index contributed by atoms with van der Waals surface area (Å²) < 4.78 is 103. The predicted molar refractivity (Wildman–Crippen MR) is 343 cm³/mol. The van der Waals surface area contributed by atoms with Crippen LogP contribution in [0.3, 0.4) is 0 Å². The molecule has 0 unspecified atom stereocenters. The van der Waals surface area contributed by atoms with E-state index in [1.54, 1.807) is 66.2 Å². The van der Waals surface area contributed by atoms with Crippen LogP contribution in [0.4, 0.5) is 17.6 Å². The Hall–Kier alpha value is -3.58.